The molecule has 1 aromatic carbocycles. The van der Waals surface area contributed by atoms with E-state index < -0.39 is 0 Å². The van der Waals surface area contributed by atoms with Crippen LogP contribution in [0.25, 0.3) is 0 Å². The molecule has 84 valence electrons. The van der Waals surface area contributed by atoms with E-state index in [0.717, 1.165) is 18.3 Å². The van der Waals surface area contributed by atoms with E-state index in [9.17, 15) is 9.59 Å². The number of fused-ring (bicyclic) bond motifs is 1. The van der Waals surface area contributed by atoms with E-state index in [0.29, 0.717) is 0 Å². The molecule has 0 heterocycles. The van der Waals surface area contributed by atoms with Crippen molar-refractivity contribution in [2.75, 3.05) is 7.11 Å². The van der Waals surface area contributed by atoms with Crippen LogP contribution in [0.4, 0.5) is 0 Å². The number of carbonyl (C=O) groups excluding carboxylic acids is 2. The molecule has 0 fully saturated rings. The summed E-state index contributed by atoms with van der Waals surface area (Å²) in [6.45, 7) is 0. The van der Waals surface area contributed by atoms with Crippen LogP contribution in [-0.2, 0) is 20.7 Å². The average molecular weight is 218 g/mol. The van der Waals surface area contributed by atoms with Crippen LogP contribution in [0.5, 0.6) is 0 Å². The SMILES string of the molecule is COC(=O)CC1c2ccccc2CC1C=O. The van der Waals surface area contributed by atoms with Gasteiger partial charge >= 0.3 is 5.97 Å². The van der Waals surface area contributed by atoms with Crippen LogP contribution in [0.15, 0.2) is 24.3 Å². The van der Waals surface area contributed by atoms with Crippen LogP contribution >= 0.6 is 0 Å². The third-order valence-corrected chi connectivity index (χ3v) is 3.22. The number of benzene rings is 1. The number of carbonyl (C=O) groups is 2. The first kappa shape index (κ1) is 10.9. The van der Waals surface area contributed by atoms with Gasteiger partial charge in [-0.05, 0) is 17.5 Å². The van der Waals surface area contributed by atoms with Gasteiger partial charge in [0.2, 0.25) is 0 Å². The molecule has 1 aliphatic carbocycles. The molecular weight excluding hydrogens is 204 g/mol. The third kappa shape index (κ3) is 1.85. The number of ether oxygens (including phenoxy) is 1. The molecule has 0 N–H and O–H groups in total. The lowest BCUT2D eigenvalue weighted by Crippen LogP contribution is -2.14. The molecule has 0 amide bonds. The Morgan fingerprint density at radius 1 is 1.50 bits per heavy atom. The lowest BCUT2D eigenvalue weighted by molar-refractivity contribution is -0.141. The van der Waals surface area contributed by atoms with Crippen LogP contribution < -0.4 is 0 Å². The highest BCUT2D eigenvalue weighted by molar-refractivity contribution is 5.72. The van der Waals surface area contributed by atoms with Gasteiger partial charge < -0.3 is 9.53 Å². The second kappa shape index (κ2) is 4.47. The fraction of sp³-hybridized carbons (Fsp3) is 0.385. The van der Waals surface area contributed by atoms with E-state index in [1.54, 1.807) is 0 Å². The quantitative estimate of drug-likeness (QED) is 0.573. The minimum Gasteiger partial charge on any atom is -0.469 e. The summed E-state index contributed by atoms with van der Waals surface area (Å²) < 4.78 is 4.67. The maximum absolute atomic E-state index is 11.3. The number of aldehydes is 1. The van der Waals surface area contributed by atoms with Crippen LogP contribution in [0, 0.1) is 5.92 Å². The number of rotatable bonds is 3. The Morgan fingerprint density at radius 2 is 2.25 bits per heavy atom. The van der Waals surface area contributed by atoms with Crippen LogP contribution in [0.1, 0.15) is 23.5 Å². The number of hydrogen-bond donors (Lipinski definition) is 0. The Hall–Kier alpha value is -1.64. The molecule has 2 unspecified atom stereocenters. The summed E-state index contributed by atoms with van der Waals surface area (Å²) in [6, 6.07) is 7.91. The molecular formula is C13H14O3. The molecule has 1 aromatic rings. The van der Waals surface area contributed by atoms with Gasteiger partial charge in [0.05, 0.1) is 13.5 Å². The average Bonchev–Trinajstić information content (AvgIpc) is 2.67. The fourth-order valence-corrected chi connectivity index (χ4v) is 2.38. The summed E-state index contributed by atoms with van der Waals surface area (Å²) in [5.74, 6) is -0.355. The van der Waals surface area contributed by atoms with Gasteiger partial charge in [-0.2, -0.15) is 0 Å². The second-order valence-corrected chi connectivity index (χ2v) is 4.09. The van der Waals surface area contributed by atoms with Gasteiger partial charge in [-0.15, -0.1) is 0 Å². The summed E-state index contributed by atoms with van der Waals surface area (Å²) in [6.07, 6.45) is 1.98. The van der Waals surface area contributed by atoms with Crippen molar-refractivity contribution >= 4 is 12.3 Å². The van der Waals surface area contributed by atoms with Gasteiger partial charge in [-0.25, -0.2) is 0 Å². The van der Waals surface area contributed by atoms with Gasteiger partial charge in [0.15, 0.2) is 0 Å². The highest BCUT2D eigenvalue weighted by Crippen LogP contribution is 2.39. The summed E-state index contributed by atoms with van der Waals surface area (Å²) in [7, 11) is 1.37. The minimum absolute atomic E-state index is 0.0128. The zero-order valence-electron chi connectivity index (χ0n) is 9.18. The Labute approximate surface area is 94.4 Å². The molecule has 16 heavy (non-hydrogen) atoms. The Bertz CT molecular complexity index is 411. The van der Waals surface area contributed by atoms with Gasteiger partial charge in [0.1, 0.15) is 6.29 Å². The standard InChI is InChI=1S/C13H14O3/c1-16-13(15)7-12-10(8-14)6-9-4-2-3-5-11(9)12/h2-5,8,10,12H,6-7H2,1H3. The Balaban J connectivity index is 2.27. The van der Waals surface area contributed by atoms with E-state index in [1.165, 1.54) is 12.7 Å². The van der Waals surface area contributed by atoms with E-state index in [-0.39, 0.29) is 24.2 Å². The van der Waals surface area contributed by atoms with Crippen molar-refractivity contribution in [1.29, 1.82) is 0 Å². The molecule has 1 aliphatic rings. The fourth-order valence-electron chi connectivity index (χ4n) is 2.38. The Kier molecular flexibility index (Phi) is 3.04. The van der Waals surface area contributed by atoms with Crippen LogP contribution in [0.2, 0.25) is 0 Å². The van der Waals surface area contributed by atoms with Crippen molar-refractivity contribution in [3.8, 4) is 0 Å². The third-order valence-electron chi connectivity index (χ3n) is 3.22. The summed E-state index contributed by atoms with van der Waals surface area (Å²) in [4.78, 5) is 22.3. The largest absolute Gasteiger partial charge is 0.469 e. The molecule has 0 saturated carbocycles. The maximum Gasteiger partial charge on any atom is 0.306 e. The van der Waals surface area contributed by atoms with E-state index in [4.69, 9.17) is 0 Å². The second-order valence-electron chi connectivity index (χ2n) is 4.09. The van der Waals surface area contributed by atoms with Crippen LogP contribution in [-0.4, -0.2) is 19.4 Å². The maximum atomic E-state index is 11.3. The van der Waals surface area contributed by atoms with Crippen molar-refractivity contribution in [1.82, 2.24) is 0 Å². The molecule has 0 radical (unpaired) electrons. The molecule has 2 rings (SSSR count). The van der Waals surface area contributed by atoms with Crippen molar-refractivity contribution in [3.05, 3.63) is 35.4 Å². The minimum atomic E-state index is -0.256. The number of methoxy groups -OCH3 is 1. The predicted octanol–water partition coefficient (Wildman–Crippen LogP) is 1.70. The van der Waals surface area contributed by atoms with Crippen molar-refractivity contribution in [3.63, 3.8) is 0 Å². The summed E-state index contributed by atoms with van der Waals surface area (Å²) >= 11 is 0. The lowest BCUT2D eigenvalue weighted by atomic mass is 9.90. The van der Waals surface area contributed by atoms with Gasteiger partial charge in [0.25, 0.3) is 0 Å². The van der Waals surface area contributed by atoms with E-state index in [1.807, 2.05) is 24.3 Å². The predicted molar refractivity (Wildman–Crippen MR) is 59.1 cm³/mol. The topological polar surface area (TPSA) is 43.4 Å². The molecule has 3 heteroatoms. The molecule has 2 atom stereocenters. The lowest BCUT2D eigenvalue weighted by Gasteiger charge is -2.13. The van der Waals surface area contributed by atoms with Gasteiger partial charge in [0, 0.05) is 11.8 Å². The van der Waals surface area contributed by atoms with E-state index >= 15 is 0 Å². The number of hydrogen-bond acceptors (Lipinski definition) is 3. The molecule has 3 nitrogen and oxygen atoms in total. The first-order valence-corrected chi connectivity index (χ1v) is 5.36. The van der Waals surface area contributed by atoms with Gasteiger partial charge in [-0.1, -0.05) is 24.3 Å². The molecule has 0 aromatic heterocycles. The smallest absolute Gasteiger partial charge is 0.306 e. The molecule has 0 spiro atoms. The summed E-state index contributed by atoms with van der Waals surface area (Å²) in [5, 5.41) is 0. The first-order chi connectivity index (χ1) is 7.76. The highest BCUT2D eigenvalue weighted by Gasteiger charge is 2.33. The molecule has 0 aliphatic heterocycles. The van der Waals surface area contributed by atoms with Gasteiger partial charge in [-0.3, -0.25) is 4.79 Å². The zero-order chi connectivity index (χ0) is 11.5. The zero-order valence-corrected chi connectivity index (χ0v) is 9.18. The summed E-state index contributed by atoms with van der Waals surface area (Å²) in [5.41, 5.74) is 2.29. The van der Waals surface area contributed by atoms with Crippen LogP contribution in [0.3, 0.4) is 0 Å². The molecule has 0 bridgehead atoms. The Morgan fingerprint density at radius 3 is 2.94 bits per heavy atom. The normalized spacial score (nSPS) is 22.6. The first-order valence-electron chi connectivity index (χ1n) is 5.36. The van der Waals surface area contributed by atoms with Crippen molar-refractivity contribution in [2.45, 2.75) is 18.8 Å². The van der Waals surface area contributed by atoms with Crippen molar-refractivity contribution in [2.24, 2.45) is 5.92 Å². The van der Waals surface area contributed by atoms with Crippen molar-refractivity contribution < 1.29 is 14.3 Å². The van der Waals surface area contributed by atoms with E-state index in [2.05, 4.69) is 4.74 Å². The highest BCUT2D eigenvalue weighted by atomic mass is 16.5. The molecule has 0 saturated heterocycles. The number of esters is 1. The monoisotopic (exact) mass is 218 g/mol.